The van der Waals surface area contributed by atoms with E-state index in [1.54, 1.807) is 7.11 Å². The van der Waals surface area contributed by atoms with Crippen molar-refractivity contribution in [2.75, 3.05) is 12.4 Å². The number of methoxy groups -OCH3 is 1. The minimum Gasteiger partial charge on any atom is -0.497 e. The Kier molecular flexibility index (Phi) is 5.32. The monoisotopic (exact) mass is 353 g/mol. The number of anilines is 1. The highest BCUT2D eigenvalue weighted by Gasteiger charge is 2.05. The van der Waals surface area contributed by atoms with Crippen molar-refractivity contribution in [3.63, 3.8) is 0 Å². The van der Waals surface area contributed by atoms with Crippen LogP contribution in [0.5, 0.6) is 5.75 Å². The maximum atomic E-state index is 6.09. The molecule has 0 saturated heterocycles. The molecule has 0 radical (unpaired) electrons. The minimum absolute atomic E-state index is 0.320. The molecule has 0 bridgehead atoms. The maximum absolute atomic E-state index is 6.09. The Balaban J connectivity index is 1.97. The molecule has 20 heavy (non-hydrogen) atoms. The summed E-state index contributed by atoms with van der Waals surface area (Å²) in [6.45, 7) is 2.15. The number of hydrogen-bond donors (Lipinski definition) is 1. The van der Waals surface area contributed by atoms with Crippen molar-refractivity contribution in [3.05, 3.63) is 57.5 Å². The third-order valence-electron chi connectivity index (χ3n) is 3.03. The molecule has 0 spiro atoms. The van der Waals surface area contributed by atoms with Crippen molar-refractivity contribution in [1.82, 2.24) is 0 Å². The summed E-state index contributed by atoms with van der Waals surface area (Å²) in [6, 6.07) is 14.4. The van der Waals surface area contributed by atoms with Gasteiger partial charge in [-0.15, -0.1) is 0 Å². The quantitative estimate of drug-likeness (QED) is 0.801. The van der Waals surface area contributed by atoms with E-state index in [9.17, 15) is 0 Å². The normalized spacial score (nSPS) is 12.0. The number of hydrogen-bond acceptors (Lipinski definition) is 2. The number of benzene rings is 2. The van der Waals surface area contributed by atoms with Crippen molar-refractivity contribution < 1.29 is 4.74 Å². The molecule has 1 atom stereocenters. The number of nitrogens with one attached hydrogen (secondary N) is 1. The summed E-state index contributed by atoms with van der Waals surface area (Å²) in [7, 11) is 1.68. The third kappa shape index (κ3) is 4.15. The lowest BCUT2D eigenvalue weighted by Gasteiger charge is -2.16. The van der Waals surface area contributed by atoms with Gasteiger partial charge in [0.05, 0.1) is 12.1 Å². The number of ether oxygens (including phenoxy) is 1. The van der Waals surface area contributed by atoms with Crippen LogP contribution >= 0.6 is 27.5 Å². The van der Waals surface area contributed by atoms with Crippen LogP contribution in [-0.4, -0.2) is 13.2 Å². The molecule has 0 amide bonds. The fourth-order valence-electron chi connectivity index (χ4n) is 2.04. The van der Waals surface area contributed by atoms with Crippen LogP contribution in [0.25, 0.3) is 0 Å². The van der Waals surface area contributed by atoms with Crippen molar-refractivity contribution in [1.29, 1.82) is 0 Å². The lowest BCUT2D eigenvalue weighted by atomic mass is 10.1. The maximum Gasteiger partial charge on any atom is 0.118 e. The average Bonchev–Trinajstić information content (AvgIpc) is 2.44. The molecule has 2 nitrogen and oxygen atoms in total. The van der Waals surface area contributed by atoms with Crippen molar-refractivity contribution in [3.8, 4) is 5.75 Å². The Hall–Kier alpha value is -1.19. The van der Waals surface area contributed by atoms with E-state index < -0.39 is 0 Å². The van der Waals surface area contributed by atoms with E-state index in [4.69, 9.17) is 16.3 Å². The van der Waals surface area contributed by atoms with E-state index in [0.29, 0.717) is 11.1 Å². The number of halogens is 2. The SMILES string of the molecule is COc1ccc(CC(C)Nc2ccc(Br)c(Cl)c2)cc1. The van der Waals surface area contributed by atoms with Gasteiger partial charge in [0.2, 0.25) is 0 Å². The van der Waals surface area contributed by atoms with E-state index in [0.717, 1.165) is 22.3 Å². The fraction of sp³-hybridized carbons (Fsp3) is 0.250. The summed E-state index contributed by atoms with van der Waals surface area (Å²) < 4.78 is 6.07. The highest BCUT2D eigenvalue weighted by Crippen LogP contribution is 2.26. The van der Waals surface area contributed by atoms with Gasteiger partial charge in [-0.05, 0) is 65.2 Å². The Morgan fingerprint density at radius 1 is 1.20 bits per heavy atom. The van der Waals surface area contributed by atoms with Crippen LogP contribution in [0.15, 0.2) is 46.9 Å². The van der Waals surface area contributed by atoms with E-state index >= 15 is 0 Å². The molecule has 0 aromatic heterocycles. The largest absolute Gasteiger partial charge is 0.497 e. The number of rotatable bonds is 5. The fourth-order valence-corrected chi connectivity index (χ4v) is 2.46. The summed E-state index contributed by atoms with van der Waals surface area (Å²) >= 11 is 9.48. The summed E-state index contributed by atoms with van der Waals surface area (Å²) in [5, 5.41) is 4.16. The summed E-state index contributed by atoms with van der Waals surface area (Å²) in [5.74, 6) is 0.883. The van der Waals surface area contributed by atoms with Crippen LogP contribution in [0.4, 0.5) is 5.69 Å². The Bertz CT molecular complexity index is 571. The molecular weight excluding hydrogens is 338 g/mol. The minimum atomic E-state index is 0.320. The van der Waals surface area contributed by atoms with E-state index in [-0.39, 0.29) is 0 Å². The lowest BCUT2D eigenvalue weighted by Crippen LogP contribution is -2.17. The standard InChI is InChI=1S/C16H17BrClNO/c1-11(9-12-3-6-14(20-2)7-4-12)19-13-5-8-15(17)16(18)10-13/h3-8,10-11,19H,9H2,1-2H3. The first-order chi connectivity index (χ1) is 9.58. The van der Waals surface area contributed by atoms with Crippen LogP contribution in [0.2, 0.25) is 5.02 Å². The predicted molar refractivity (Wildman–Crippen MR) is 88.9 cm³/mol. The molecule has 1 N–H and O–H groups in total. The second-order valence-electron chi connectivity index (χ2n) is 4.73. The zero-order valence-corrected chi connectivity index (χ0v) is 13.8. The second kappa shape index (κ2) is 7.00. The van der Waals surface area contributed by atoms with Crippen molar-refractivity contribution in [2.45, 2.75) is 19.4 Å². The smallest absolute Gasteiger partial charge is 0.118 e. The van der Waals surface area contributed by atoms with Crippen molar-refractivity contribution in [2.24, 2.45) is 0 Å². The highest BCUT2D eigenvalue weighted by atomic mass is 79.9. The van der Waals surface area contributed by atoms with Gasteiger partial charge >= 0.3 is 0 Å². The first kappa shape index (κ1) is 15.2. The Labute approximate surface area is 133 Å². The predicted octanol–water partition coefficient (Wildman–Crippen LogP) is 5.15. The van der Waals surface area contributed by atoms with Crippen LogP contribution in [0.3, 0.4) is 0 Å². The molecule has 0 aliphatic carbocycles. The van der Waals surface area contributed by atoms with Crippen molar-refractivity contribution >= 4 is 33.2 Å². The van der Waals surface area contributed by atoms with Gasteiger partial charge in [-0.3, -0.25) is 0 Å². The van der Waals surface area contributed by atoms with Gasteiger partial charge in [0, 0.05) is 16.2 Å². The van der Waals surface area contributed by atoms with Gasteiger partial charge in [0.15, 0.2) is 0 Å². The molecule has 2 rings (SSSR count). The summed E-state index contributed by atoms with van der Waals surface area (Å²) in [5.41, 5.74) is 2.30. The average molecular weight is 355 g/mol. The van der Waals surface area contributed by atoms with Crippen LogP contribution in [0.1, 0.15) is 12.5 Å². The van der Waals surface area contributed by atoms with Gasteiger partial charge in [0.1, 0.15) is 5.75 Å². The van der Waals surface area contributed by atoms with E-state index in [2.05, 4.69) is 40.3 Å². The molecule has 4 heteroatoms. The molecule has 0 heterocycles. The van der Waals surface area contributed by atoms with Gasteiger partial charge in [-0.25, -0.2) is 0 Å². The summed E-state index contributed by atoms with van der Waals surface area (Å²) in [6.07, 6.45) is 0.942. The molecule has 1 unspecified atom stereocenters. The Morgan fingerprint density at radius 3 is 2.50 bits per heavy atom. The van der Waals surface area contributed by atoms with Gasteiger partial charge in [-0.1, -0.05) is 23.7 Å². The topological polar surface area (TPSA) is 21.3 Å². The lowest BCUT2D eigenvalue weighted by molar-refractivity contribution is 0.414. The van der Waals surface area contributed by atoms with Gasteiger partial charge in [0.25, 0.3) is 0 Å². The molecule has 0 saturated carbocycles. The molecule has 0 aliphatic rings. The molecule has 0 aliphatic heterocycles. The van der Waals surface area contributed by atoms with Gasteiger partial charge in [-0.2, -0.15) is 0 Å². The second-order valence-corrected chi connectivity index (χ2v) is 5.99. The third-order valence-corrected chi connectivity index (χ3v) is 4.27. The van der Waals surface area contributed by atoms with E-state index in [1.165, 1.54) is 5.56 Å². The molecule has 0 fully saturated rings. The Morgan fingerprint density at radius 2 is 1.90 bits per heavy atom. The molecular formula is C16H17BrClNO. The van der Waals surface area contributed by atoms with Gasteiger partial charge < -0.3 is 10.1 Å². The first-order valence-corrected chi connectivity index (χ1v) is 7.60. The highest BCUT2D eigenvalue weighted by molar-refractivity contribution is 9.10. The van der Waals surface area contributed by atoms with Crippen LogP contribution in [0, 0.1) is 0 Å². The summed E-state index contributed by atoms with van der Waals surface area (Å²) in [4.78, 5) is 0. The molecule has 106 valence electrons. The molecule has 2 aromatic rings. The van der Waals surface area contributed by atoms with Crippen LogP contribution in [-0.2, 0) is 6.42 Å². The molecule has 2 aromatic carbocycles. The first-order valence-electron chi connectivity index (χ1n) is 6.43. The van der Waals surface area contributed by atoms with E-state index in [1.807, 2.05) is 30.3 Å². The van der Waals surface area contributed by atoms with Crippen LogP contribution < -0.4 is 10.1 Å². The zero-order chi connectivity index (χ0) is 14.5. The zero-order valence-electron chi connectivity index (χ0n) is 11.5.